The van der Waals surface area contributed by atoms with Crippen LogP contribution in [-0.4, -0.2) is 25.2 Å². The average molecular weight is 315 g/mol. The number of hydrogen-bond donors (Lipinski definition) is 1. The van der Waals surface area contributed by atoms with E-state index in [1.807, 2.05) is 36.4 Å². The number of carbonyl (C=O) groups is 1. The van der Waals surface area contributed by atoms with Crippen LogP contribution in [-0.2, 0) is 9.53 Å². The fraction of sp³-hybridized carbons (Fsp3) is 0.421. The molecule has 0 saturated heterocycles. The van der Waals surface area contributed by atoms with E-state index >= 15 is 0 Å². The number of amides is 1. The van der Waals surface area contributed by atoms with Gasteiger partial charge in [-0.3, -0.25) is 4.79 Å². The molecule has 1 N–H and O–H groups in total. The SMILES string of the molecule is CCCCOc1ccc(NC(=O)C(C)(C)OC)c2ccccc12. The lowest BCUT2D eigenvalue weighted by Gasteiger charge is -2.22. The average Bonchev–Trinajstić information content (AvgIpc) is 2.56. The van der Waals surface area contributed by atoms with E-state index in [0.29, 0.717) is 6.61 Å². The van der Waals surface area contributed by atoms with Crippen molar-refractivity contribution in [2.24, 2.45) is 0 Å². The predicted octanol–water partition coefficient (Wildman–Crippen LogP) is 4.38. The molecule has 2 aromatic carbocycles. The normalized spacial score (nSPS) is 11.5. The molecule has 2 rings (SSSR count). The van der Waals surface area contributed by atoms with Gasteiger partial charge in [-0.05, 0) is 32.4 Å². The molecule has 23 heavy (non-hydrogen) atoms. The van der Waals surface area contributed by atoms with Crippen molar-refractivity contribution in [2.75, 3.05) is 19.0 Å². The maximum absolute atomic E-state index is 12.3. The molecule has 0 aliphatic heterocycles. The summed E-state index contributed by atoms with van der Waals surface area (Å²) in [4.78, 5) is 12.3. The van der Waals surface area contributed by atoms with Gasteiger partial charge in [-0.2, -0.15) is 0 Å². The minimum atomic E-state index is -0.878. The Bertz CT molecular complexity index is 679. The van der Waals surface area contributed by atoms with Crippen LogP contribution in [0.2, 0.25) is 0 Å². The largest absolute Gasteiger partial charge is 0.493 e. The van der Waals surface area contributed by atoms with Crippen molar-refractivity contribution >= 4 is 22.4 Å². The number of nitrogens with one attached hydrogen (secondary N) is 1. The Labute approximate surface area is 137 Å². The summed E-state index contributed by atoms with van der Waals surface area (Å²) in [6, 6.07) is 11.7. The fourth-order valence-corrected chi connectivity index (χ4v) is 2.20. The second kappa shape index (κ2) is 7.47. The molecular formula is C19H25NO3. The third-order valence-corrected chi connectivity index (χ3v) is 3.94. The van der Waals surface area contributed by atoms with E-state index in [2.05, 4.69) is 12.2 Å². The van der Waals surface area contributed by atoms with Crippen molar-refractivity contribution in [3.05, 3.63) is 36.4 Å². The molecule has 0 unspecified atom stereocenters. The van der Waals surface area contributed by atoms with Gasteiger partial charge in [0.15, 0.2) is 0 Å². The third kappa shape index (κ3) is 4.02. The Hall–Kier alpha value is -2.07. The number of unbranched alkanes of at least 4 members (excludes halogenated alkanes) is 1. The van der Waals surface area contributed by atoms with Crippen molar-refractivity contribution in [3.8, 4) is 5.75 Å². The quantitative estimate of drug-likeness (QED) is 0.771. The first-order valence-corrected chi connectivity index (χ1v) is 8.00. The lowest BCUT2D eigenvalue weighted by Crippen LogP contribution is -2.38. The summed E-state index contributed by atoms with van der Waals surface area (Å²) in [7, 11) is 1.53. The minimum Gasteiger partial charge on any atom is -0.493 e. The predicted molar refractivity (Wildman–Crippen MR) is 94.1 cm³/mol. The molecule has 0 heterocycles. The van der Waals surface area contributed by atoms with Gasteiger partial charge >= 0.3 is 0 Å². The molecular weight excluding hydrogens is 290 g/mol. The molecule has 0 fully saturated rings. The molecule has 124 valence electrons. The van der Waals surface area contributed by atoms with Crippen LogP contribution in [0.4, 0.5) is 5.69 Å². The number of anilines is 1. The highest BCUT2D eigenvalue weighted by atomic mass is 16.5. The van der Waals surface area contributed by atoms with Gasteiger partial charge in [0, 0.05) is 23.6 Å². The summed E-state index contributed by atoms with van der Waals surface area (Å²) >= 11 is 0. The van der Waals surface area contributed by atoms with Gasteiger partial charge in [-0.25, -0.2) is 0 Å². The number of benzene rings is 2. The van der Waals surface area contributed by atoms with Crippen LogP contribution >= 0.6 is 0 Å². The smallest absolute Gasteiger partial charge is 0.256 e. The highest BCUT2D eigenvalue weighted by Crippen LogP contribution is 2.32. The van der Waals surface area contributed by atoms with E-state index in [1.165, 1.54) is 7.11 Å². The van der Waals surface area contributed by atoms with Crippen LogP contribution < -0.4 is 10.1 Å². The monoisotopic (exact) mass is 315 g/mol. The molecule has 0 spiro atoms. The molecule has 0 radical (unpaired) electrons. The Morgan fingerprint density at radius 2 is 1.83 bits per heavy atom. The van der Waals surface area contributed by atoms with Gasteiger partial charge in [-0.1, -0.05) is 37.6 Å². The lowest BCUT2D eigenvalue weighted by molar-refractivity contribution is -0.133. The van der Waals surface area contributed by atoms with Crippen molar-refractivity contribution in [1.29, 1.82) is 0 Å². The van der Waals surface area contributed by atoms with Gasteiger partial charge in [0.2, 0.25) is 0 Å². The zero-order valence-corrected chi connectivity index (χ0v) is 14.3. The van der Waals surface area contributed by atoms with Crippen LogP contribution in [0.3, 0.4) is 0 Å². The molecule has 0 atom stereocenters. The van der Waals surface area contributed by atoms with Gasteiger partial charge in [0.05, 0.1) is 6.61 Å². The standard InChI is InChI=1S/C19H25NO3/c1-5-6-13-23-17-12-11-16(14-9-7-8-10-15(14)17)20-18(21)19(2,3)22-4/h7-12H,5-6,13H2,1-4H3,(H,20,21). The molecule has 2 aromatic rings. The van der Waals surface area contributed by atoms with E-state index in [-0.39, 0.29) is 5.91 Å². The molecule has 0 bridgehead atoms. The van der Waals surface area contributed by atoms with Crippen LogP contribution in [0.1, 0.15) is 33.6 Å². The van der Waals surface area contributed by atoms with Crippen molar-refractivity contribution in [2.45, 2.75) is 39.2 Å². The number of ether oxygens (including phenoxy) is 2. The van der Waals surface area contributed by atoms with Crippen LogP contribution in [0.5, 0.6) is 5.75 Å². The zero-order chi connectivity index (χ0) is 16.9. The molecule has 0 aromatic heterocycles. The Kier molecular flexibility index (Phi) is 5.61. The van der Waals surface area contributed by atoms with Crippen LogP contribution in [0.25, 0.3) is 10.8 Å². The second-order valence-corrected chi connectivity index (χ2v) is 6.03. The molecule has 1 amide bonds. The van der Waals surface area contributed by atoms with Crippen molar-refractivity contribution in [3.63, 3.8) is 0 Å². The van der Waals surface area contributed by atoms with Gasteiger partial charge < -0.3 is 14.8 Å². The fourth-order valence-electron chi connectivity index (χ4n) is 2.20. The number of carbonyl (C=O) groups excluding carboxylic acids is 1. The maximum Gasteiger partial charge on any atom is 0.256 e. The van der Waals surface area contributed by atoms with E-state index in [1.54, 1.807) is 13.8 Å². The maximum atomic E-state index is 12.3. The van der Waals surface area contributed by atoms with E-state index < -0.39 is 5.60 Å². The summed E-state index contributed by atoms with van der Waals surface area (Å²) in [5, 5.41) is 4.91. The summed E-state index contributed by atoms with van der Waals surface area (Å²) in [5.41, 5.74) is -0.115. The van der Waals surface area contributed by atoms with Crippen LogP contribution in [0.15, 0.2) is 36.4 Å². The third-order valence-electron chi connectivity index (χ3n) is 3.94. The lowest BCUT2D eigenvalue weighted by atomic mass is 10.1. The van der Waals surface area contributed by atoms with Crippen molar-refractivity contribution in [1.82, 2.24) is 0 Å². The van der Waals surface area contributed by atoms with Crippen molar-refractivity contribution < 1.29 is 14.3 Å². The number of methoxy groups -OCH3 is 1. The van der Waals surface area contributed by atoms with Gasteiger partial charge in [0.1, 0.15) is 11.4 Å². The topological polar surface area (TPSA) is 47.6 Å². The summed E-state index contributed by atoms with van der Waals surface area (Å²) in [6.45, 7) is 6.32. The van der Waals surface area contributed by atoms with Gasteiger partial charge in [0.25, 0.3) is 5.91 Å². The number of hydrogen-bond acceptors (Lipinski definition) is 3. The number of rotatable bonds is 7. The first kappa shape index (κ1) is 17.3. The molecule has 4 heteroatoms. The second-order valence-electron chi connectivity index (χ2n) is 6.03. The zero-order valence-electron chi connectivity index (χ0n) is 14.3. The Balaban J connectivity index is 2.32. The first-order chi connectivity index (χ1) is 11.0. The van der Waals surface area contributed by atoms with E-state index in [9.17, 15) is 4.79 Å². The molecule has 0 aliphatic carbocycles. The highest BCUT2D eigenvalue weighted by Gasteiger charge is 2.27. The molecule has 0 aliphatic rings. The summed E-state index contributed by atoms with van der Waals surface area (Å²) in [6.07, 6.45) is 2.12. The highest BCUT2D eigenvalue weighted by molar-refractivity contribution is 6.06. The Morgan fingerprint density at radius 3 is 2.48 bits per heavy atom. The summed E-state index contributed by atoms with van der Waals surface area (Å²) < 4.78 is 11.1. The van der Waals surface area contributed by atoms with Crippen LogP contribution in [0, 0.1) is 0 Å². The molecule has 4 nitrogen and oxygen atoms in total. The molecule has 0 saturated carbocycles. The Morgan fingerprint density at radius 1 is 1.13 bits per heavy atom. The van der Waals surface area contributed by atoms with E-state index in [4.69, 9.17) is 9.47 Å². The van der Waals surface area contributed by atoms with E-state index in [0.717, 1.165) is 35.1 Å². The first-order valence-electron chi connectivity index (χ1n) is 8.00. The number of fused-ring (bicyclic) bond motifs is 1. The summed E-state index contributed by atoms with van der Waals surface area (Å²) in [5.74, 6) is 0.669. The minimum absolute atomic E-state index is 0.176. The van der Waals surface area contributed by atoms with Gasteiger partial charge in [-0.15, -0.1) is 0 Å².